The minimum absolute atomic E-state index is 0.0263. The molecule has 118 valence electrons. The van der Waals surface area contributed by atoms with Gasteiger partial charge in [0, 0.05) is 18.8 Å². The Hall–Kier alpha value is -1.39. The second kappa shape index (κ2) is 6.58. The molecule has 0 bridgehead atoms. The first-order valence-electron chi connectivity index (χ1n) is 7.70. The predicted molar refractivity (Wildman–Crippen MR) is 75.3 cm³/mol. The number of methoxy groups -OCH3 is 1. The summed E-state index contributed by atoms with van der Waals surface area (Å²) in [5, 5.41) is 0. The van der Waals surface area contributed by atoms with E-state index < -0.39 is 0 Å². The summed E-state index contributed by atoms with van der Waals surface area (Å²) in [5.74, 6) is -0.230. The molecule has 0 amide bonds. The Morgan fingerprint density at radius 3 is 2.62 bits per heavy atom. The molecule has 0 N–H and O–H groups in total. The van der Waals surface area contributed by atoms with Crippen molar-refractivity contribution in [2.24, 2.45) is 23.7 Å². The van der Waals surface area contributed by atoms with Gasteiger partial charge < -0.3 is 9.47 Å². The van der Waals surface area contributed by atoms with Crippen molar-refractivity contribution >= 4 is 17.7 Å². The normalized spacial score (nSPS) is 37.0. The Morgan fingerprint density at radius 2 is 1.95 bits per heavy atom. The Bertz CT molecular complexity index is 430. The van der Waals surface area contributed by atoms with Crippen molar-refractivity contribution in [2.75, 3.05) is 7.11 Å². The molecule has 1 saturated heterocycles. The van der Waals surface area contributed by atoms with Gasteiger partial charge in [-0.3, -0.25) is 14.4 Å². The van der Waals surface area contributed by atoms with E-state index in [1.165, 1.54) is 7.11 Å². The van der Waals surface area contributed by atoms with Crippen LogP contribution in [0.25, 0.3) is 0 Å². The fourth-order valence-corrected chi connectivity index (χ4v) is 3.70. The quantitative estimate of drug-likeness (QED) is 0.746. The van der Waals surface area contributed by atoms with E-state index >= 15 is 0 Å². The molecule has 1 unspecified atom stereocenters. The summed E-state index contributed by atoms with van der Waals surface area (Å²) in [6, 6.07) is 0. The molecule has 2 rings (SSSR count). The molecule has 2 aliphatic rings. The molecule has 0 spiro atoms. The standard InChI is InChI=1S/C16H24O5/c1-9-4-10(2)16(19)12(5-9)13-6-11(7-14(17)20-3)8-15(18)21-13/h9-13H,4-8H2,1-3H3/t9-,10-,11?,12-,13-/m0/s1. The lowest BCUT2D eigenvalue weighted by atomic mass is 9.71. The largest absolute Gasteiger partial charge is 0.469 e. The Kier molecular flexibility index (Phi) is 5.01. The van der Waals surface area contributed by atoms with E-state index in [9.17, 15) is 14.4 Å². The van der Waals surface area contributed by atoms with Crippen LogP contribution in [0.1, 0.15) is 46.0 Å². The average Bonchev–Trinajstić information content (AvgIpc) is 2.42. The van der Waals surface area contributed by atoms with Gasteiger partial charge in [0.1, 0.15) is 11.9 Å². The number of rotatable bonds is 3. The molecule has 1 saturated carbocycles. The zero-order valence-corrected chi connectivity index (χ0v) is 13.0. The highest BCUT2D eigenvalue weighted by Crippen LogP contribution is 2.37. The van der Waals surface area contributed by atoms with Crippen LogP contribution < -0.4 is 0 Å². The number of esters is 2. The number of hydrogen-bond acceptors (Lipinski definition) is 5. The summed E-state index contributed by atoms with van der Waals surface area (Å²) in [6.07, 6.45) is 2.33. The van der Waals surface area contributed by atoms with Crippen molar-refractivity contribution in [3.8, 4) is 0 Å². The first-order chi connectivity index (χ1) is 9.90. The minimum Gasteiger partial charge on any atom is -0.469 e. The number of cyclic esters (lactones) is 1. The van der Waals surface area contributed by atoms with Gasteiger partial charge in [0.15, 0.2) is 0 Å². The van der Waals surface area contributed by atoms with Gasteiger partial charge in [0.2, 0.25) is 0 Å². The summed E-state index contributed by atoms with van der Waals surface area (Å²) >= 11 is 0. The zero-order chi connectivity index (χ0) is 15.6. The molecule has 0 aromatic carbocycles. The molecule has 1 aliphatic heterocycles. The van der Waals surface area contributed by atoms with E-state index in [0.29, 0.717) is 12.3 Å². The summed E-state index contributed by atoms with van der Waals surface area (Å²) in [6.45, 7) is 4.08. The first-order valence-corrected chi connectivity index (χ1v) is 7.70. The molecule has 1 aliphatic carbocycles. The van der Waals surface area contributed by atoms with Gasteiger partial charge in [0.25, 0.3) is 0 Å². The SMILES string of the molecule is COC(=O)CC1CC(=O)O[C@H]([C@@H]2C[C@@H](C)C[C@H](C)C2=O)C1. The van der Waals surface area contributed by atoms with E-state index in [1.54, 1.807) is 0 Å². The van der Waals surface area contributed by atoms with Crippen molar-refractivity contribution < 1.29 is 23.9 Å². The van der Waals surface area contributed by atoms with Crippen LogP contribution in [0.2, 0.25) is 0 Å². The molecule has 21 heavy (non-hydrogen) atoms. The zero-order valence-electron chi connectivity index (χ0n) is 13.0. The van der Waals surface area contributed by atoms with E-state index in [2.05, 4.69) is 11.7 Å². The van der Waals surface area contributed by atoms with Gasteiger partial charge in [-0.2, -0.15) is 0 Å². The van der Waals surface area contributed by atoms with Gasteiger partial charge >= 0.3 is 11.9 Å². The lowest BCUT2D eigenvalue weighted by Crippen LogP contribution is -2.43. The van der Waals surface area contributed by atoms with Crippen LogP contribution in [0.4, 0.5) is 0 Å². The van der Waals surface area contributed by atoms with E-state index in [1.807, 2.05) is 6.92 Å². The van der Waals surface area contributed by atoms with Crippen molar-refractivity contribution in [2.45, 2.75) is 52.1 Å². The summed E-state index contributed by atoms with van der Waals surface area (Å²) in [4.78, 5) is 35.6. The molecule has 5 heteroatoms. The lowest BCUT2D eigenvalue weighted by molar-refractivity contribution is -0.165. The molecule has 0 aromatic rings. The van der Waals surface area contributed by atoms with Crippen LogP contribution in [-0.4, -0.2) is 30.9 Å². The lowest BCUT2D eigenvalue weighted by Gasteiger charge is -2.38. The third kappa shape index (κ3) is 3.83. The number of carbonyl (C=O) groups excluding carboxylic acids is 3. The second-order valence-electron chi connectivity index (χ2n) is 6.60. The van der Waals surface area contributed by atoms with Gasteiger partial charge in [-0.15, -0.1) is 0 Å². The molecule has 2 fully saturated rings. The average molecular weight is 296 g/mol. The van der Waals surface area contributed by atoms with E-state index in [-0.39, 0.29) is 54.4 Å². The number of carbonyl (C=O) groups is 3. The van der Waals surface area contributed by atoms with Crippen LogP contribution >= 0.6 is 0 Å². The van der Waals surface area contributed by atoms with Crippen LogP contribution in [-0.2, 0) is 23.9 Å². The van der Waals surface area contributed by atoms with Crippen LogP contribution in [0, 0.1) is 23.7 Å². The summed E-state index contributed by atoms with van der Waals surface area (Å²) in [5.41, 5.74) is 0. The van der Waals surface area contributed by atoms with Gasteiger partial charge in [-0.05, 0) is 31.1 Å². The molecule has 0 aromatic heterocycles. The number of ketones is 1. The molecule has 0 radical (unpaired) electrons. The molecule has 1 heterocycles. The van der Waals surface area contributed by atoms with Gasteiger partial charge in [-0.25, -0.2) is 0 Å². The maximum atomic E-state index is 12.4. The number of Topliss-reactive ketones (excluding diaryl/α,β-unsaturated/α-hetero) is 1. The third-order valence-corrected chi connectivity index (χ3v) is 4.70. The monoisotopic (exact) mass is 296 g/mol. The van der Waals surface area contributed by atoms with Crippen molar-refractivity contribution in [1.29, 1.82) is 0 Å². The first kappa shape index (κ1) is 16.0. The van der Waals surface area contributed by atoms with Gasteiger partial charge in [0.05, 0.1) is 13.0 Å². The van der Waals surface area contributed by atoms with Crippen LogP contribution in [0.15, 0.2) is 0 Å². The Morgan fingerprint density at radius 1 is 1.24 bits per heavy atom. The topological polar surface area (TPSA) is 69.7 Å². The van der Waals surface area contributed by atoms with Gasteiger partial charge in [-0.1, -0.05) is 13.8 Å². The van der Waals surface area contributed by atoms with Crippen molar-refractivity contribution in [3.63, 3.8) is 0 Å². The fourth-order valence-electron chi connectivity index (χ4n) is 3.70. The summed E-state index contributed by atoms with van der Waals surface area (Å²) < 4.78 is 10.1. The highest BCUT2D eigenvalue weighted by Gasteiger charge is 2.42. The summed E-state index contributed by atoms with van der Waals surface area (Å²) in [7, 11) is 1.34. The highest BCUT2D eigenvalue weighted by molar-refractivity contribution is 5.85. The fraction of sp³-hybridized carbons (Fsp3) is 0.812. The van der Waals surface area contributed by atoms with Crippen LogP contribution in [0.3, 0.4) is 0 Å². The second-order valence-corrected chi connectivity index (χ2v) is 6.60. The Balaban J connectivity index is 2.05. The molecular formula is C16H24O5. The maximum Gasteiger partial charge on any atom is 0.306 e. The highest BCUT2D eigenvalue weighted by atomic mass is 16.5. The molecule has 5 nitrogen and oxygen atoms in total. The van der Waals surface area contributed by atoms with Crippen LogP contribution in [0.5, 0.6) is 0 Å². The van der Waals surface area contributed by atoms with E-state index in [4.69, 9.17) is 4.74 Å². The maximum absolute atomic E-state index is 12.4. The third-order valence-electron chi connectivity index (χ3n) is 4.70. The molecular weight excluding hydrogens is 272 g/mol. The number of hydrogen-bond donors (Lipinski definition) is 0. The van der Waals surface area contributed by atoms with E-state index in [0.717, 1.165) is 12.8 Å². The predicted octanol–water partition coefficient (Wildman–Crippen LogP) is 2.12. The minimum atomic E-state index is -0.376. The smallest absolute Gasteiger partial charge is 0.306 e. The van der Waals surface area contributed by atoms with Crippen molar-refractivity contribution in [1.82, 2.24) is 0 Å². The Labute approximate surface area is 125 Å². The van der Waals surface area contributed by atoms with Crippen molar-refractivity contribution in [3.05, 3.63) is 0 Å². The molecule has 5 atom stereocenters. The number of ether oxygens (including phenoxy) is 2.